The van der Waals surface area contributed by atoms with Gasteiger partial charge in [-0.25, -0.2) is 0 Å². The Kier molecular flexibility index (Phi) is 4.02. The highest BCUT2D eigenvalue weighted by Crippen LogP contribution is 2.20. The largest absolute Gasteiger partial charge is 0.355 e. The fourth-order valence-corrected chi connectivity index (χ4v) is 2.27. The van der Waals surface area contributed by atoms with Crippen LogP contribution in [0.25, 0.3) is 0 Å². The second-order valence-corrected chi connectivity index (χ2v) is 4.75. The Bertz CT molecular complexity index is 391. The van der Waals surface area contributed by atoms with Gasteiger partial charge in [-0.05, 0) is 30.5 Å². The summed E-state index contributed by atoms with van der Waals surface area (Å²) in [5, 5.41) is 6.97. The van der Waals surface area contributed by atoms with Gasteiger partial charge in [0.05, 0.1) is 6.04 Å². The van der Waals surface area contributed by atoms with E-state index in [1.807, 2.05) is 24.3 Å². The van der Waals surface area contributed by atoms with Gasteiger partial charge in [0.1, 0.15) is 0 Å². The van der Waals surface area contributed by atoms with Crippen molar-refractivity contribution in [2.75, 3.05) is 6.54 Å². The second-order valence-electron chi connectivity index (χ2n) is 4.31. The van der Waals surface area contributed by atoms with Gasteiger partial charge >= 0.3 is 0 Å². The first-order chi connectivity index (χ1) is 8.20. The van der Waals surface area contributed by atoms with E-state index in [9.17, 15) is 4.79 Å². The highest BCUT2D eigenvalue weighted by molar-refractivity contribution is 6.30. The molecule has 0 unspecified atom stereocenters. The molecular formula is C13H17ClN2O. The van der Waals surface area contributed by atoms with E-state index in [1.165, 1.54) is 5.56 Å². The topological polar surface area (TPSA) is 41.1 Å². The van der Waals surface area contributed by atoms with Crippen LogP contribution in [-0.4, -0.2) is 18.5 Å². The van der Waals surface area contributed by atoms with Gasteiger partial charge in [0, 0.05) is 17.6 Å². The Balaban J connectivity index is 2.05. The molecule has 17 heavy (non-hydrogen) atoms. The molecule has 0 aromatic heterocycles. The van der Waals surface area contributed by atoms with E-state index in [-0.39, 0.29) is 18.0 Å². The van der Waals surface area contributed by atoms with Crippen molar-refractivity contribution in [3.63, 3.8) is 0 Å². The van der Waals surface area contributed by atoms with Crippen LogP contribution in [0.3, 0.4) is 0 Å². The molecule has 1 aromatic carbocycles. The van der Waals surface area contributed by atoms with Crippen molar-refractivity contribution in [2.45, 2.75) is 31.8 Å². The Morgan fingerprint density at radius 2 is 2.18 bits per heavy atom. The minimum Gasteiger partial charge on any atom is -0.355 e. The molecule has 1 saturated heterocycles. The van der Waals surface area contributed by atoms with Crippen molar-refractivity contribution in [1.82, 2.24) is 10.6 Å². The van der Waals surface area contributed by atoms with E-state index in [0.29, 0.717) is 0 Å². The number of carbonyl (C=O) groups is 1. The van der Waals surface area contributed by atoms with E-state index in [4.69, 9.17) is 11.6 Å². The van der Waals surface area contributed by atoms with E-state index < -0.39 is 0 Å². The maximum atomic E-state index is 11.5. The molecule has 0 bridgehead atoms. The number of halogens is 1. The molecular weight excluding hydrogens is 236 g/mol. The summed E-state index contributed by atoms with van der Waals surface area (Å²) in [6.07, 6.45) is 1.81. The average Bonchev–Trinajstić information content (AvgIpc) is 2.73. The third-order valence-corrected chi connectivity index (χ3v) is 3.38. The number of amides is 1. The molecule has 4 heteroatoms. The zero-order valence-corrected chi connectivity index (χ0v) is 10.6. The third-order valence-electron chi connectivity index (χ3n) is 3.13. The Morgan fingerprint density at radius 1 is 1.47 bits per heavy atom. The predicted molar refractivity (Wildman–Crippen MR) is 69.0 cm³/mol. The average molecular weight is 253 g/mol. The van der Waals surface area contributed by atoms with Gasteiger partial charge in [-0.3, -0.25) is 10.1 Å². The van der Waals surface area contributed by atoms with Crippen LogP contribution in [0.4, 0.5) is 0 Å². The Labute approximate surface area is 107 Å². The van der Waals surface area contributed by atoms with Crippen molar-refractivity contribution in [3.05, 3.63) is 34.9 Å². The summed E-state index contributed by atoms with van der Waals surface area (Å²) in [5.41, 5.74) is 1.18. The van der Waals surface area contributed by atoms with Crippen LogP contribution in [-0.2, 0) is 4.79 Å². The molecule has 92 valence electrons. The number of hydrogen-bond acceptors (Lipinski definition) is 2. The lowest BCUT2D eigenvalue weighted by molar-refractivity contribution is -0.121. The summed E-state index contributed by atoms with van der Waals surface area (Å²) in [4.78, 5) is 11.5. The lowest BCUT2D eigenvalue weighted by atomic mass is 10.0. The molecule has 2 atom stereocenters. The molecule has 0 aliphatic carbocycles. The first-order valence-electron chi connectivity index (χ1n) is 6.00. The molecule has 2 rings (SSSR count). The molecule has 2 N–H and O–H groups in total. The zero-order valence-electron chi connectivity index (χ0n) is 9.87. The first kappa shape index (κ1) is 12.4. The van der Waals surface area contributed by atoms with Crippen molar-refractivity contribution >= 4 is 17.5 Å². The highest BCUT2D eigenvalue weighted by atomic mass is 35.5. The minimum atomic E-state index is -0.0596. The van der Waals surface area contributed by atoms with Crippen LogP contribution < -0.4 is 10.6 Å². The summed E-state index contributed by atoms with van der Waals surface area (Å²) in [7, 11) is 0. The van der Waals surface area contributed by atoms with Crippen LogP contribution in [0.5, 0.6) is 0 Å². The highest BCUT2D eigenvalue weighted by Gasteiger charge is 2.26. The summed E-state index contributed by atoms with van der Waals surface area (Å²) >= 11 is 5.87. The van der Waals surface area contributed by atoms with Crippen LogP contribution in [0, 0.1) is 0 Å². The van der Waals surface area contributed by atoms with Gasteiger partial charge < -0.3 is 5.32 Å². The molecule has 1 aliphatic heterocycles. The van der Waals surface area contributed by atoms with Crippen molar-refractivity contribution in [3.8, 4) is 0 Å². The Hall–Kier alpha value is -1.06. The zero-order chi connectivity index (χ0) is 12.3. The number of nitrogens with one attached hydrogen (secondary N) is 2. The molecule has 0 radical (unpaired) electrons. The summed E-state index contributed by atoms with van der Waals surface area (Å²) in [5.74, 6) is 0.109. The predicted octanol–water partition coefficient (Wildman–Crippen LogP) is 2.27. The van der Waals surface area contributed by atoms with Crippen molar-refractivity contribution in [1.29, 1.82) is 0 Å². The standard InChI is InChI=1S/C13H17ClN2O/c1-2-11(9-3-5-10(14)6-4-9)16-12-7-8-15-13(12)17/h3-6,11-12,16H,2,7-8H2,1H3,(H,15,17)/t11-,12-/m1/s1. The van der Waals surface area contributed by atoms with E-state index in [0.717, 1.165) is 24.4 Å². The molecule has 1 heterocycles. The third kappa shape index (κ3) is 2.99. The maximum absolute atomic E-state index is 11.5. The van der Waals surface area contributed by atoms with Gasteiger partial charge in [-0.15, -0.1) is 0 Å². The number of benzene rings is 1. The fraction of sp³-hybridized carbons (Fsp3) is 0.462. The van der Waals surface area contributed by atoms with E-state index >= 15 is 0 Å². The number of rotatable bonds is 4. The first-order valence-corrected chi connectivity index (χ1v) is 6.37. The summed E-state index contributed by atoms with van der Waals surface area (Å²) in [6.45, 7) is 2.88. The van der Waals surface area contributed by atoms with Gasteiger partial charge in [0.15, 0.2) is 0 Å². The second kappa shape index (κ2) is 5.52. The van der Waals surface area contributed by atoms with Crippen molar-refractivity contribution in [2.24, 2.45) is 0 Å². The SMILES string of the molecule is CC[C@@H](N[C@@H]1CCNC1=O)c1ccc(Cl)cc1. The number of hydrogen-bond donors (Lipinski definition) is 2. The summed E-state index contributed by atoms with van der Waals surface area (Å²) < 4.78 is 0. The van der Waals surface area contributed by atoms with Crippen LogP contribution in [0.1, 0.15) is 31.4 Å². The lowest BCUT2D eigenvalue weighted by Gasteiger charge is -2.20. The monoisotopic (exact) mass is 252 g/mol. The van der Waals surface area contributed by atoms with Crippen LogP contribution in [0.2, 0.25) is 5.02 Å². The molecule has 0 spiro atoms. The van der Waals surface area contributed by atoms with Gasteiger partial charge in [0.25, 0.3) is 0 Å². The van der Waals surface area contributed by atoms with E-state index in [1.54, 1.807) is 0 Å². The molecule has 1 fully saturated rings. The maximum Gasteiger partial charge on any atom is 0.237 e. The van der Waals surface area contributed by atoms with Crippen LogP contribution >= 0.6 is 11.6 Å². The van der Waals surface area contributed by atoms with E-state index in [2.05, 4.69) is 17.6 Å². The summed E-state index contributed by atoms with van der Waals surface area (Å²) in [6, 6.07) is 7.94. The molecule has 1 aromatic rings. The van der Waals surface area contributed by atoms with Crippen LogP contribution in [0.15, 0.2) is 24.3 Å². The normalized spacial score (nSPS) is 21.3. The molecule has 1 amide bonds. The quantitative estimate of drug-likeness (QED) is 0.863. The lowest BCUT2D eigenvalue weighted by Crippen LogP contribution is -2.38. The van der Waals surface area contributed by atoms with Gasteiger partial charge in [-0.1, -0.05) is 30.7 Å². The smallest absolute Gasteiger partial charge is 0.237 e. The van der Waals surface area contributed by atoms with Gasteiger partial charge in [-0.2, -0.15) is 0 Å². The Morgan fingerprint density at radius 3 is 2.71 bits per heavy atom. The van der Waals surface area contributed by atoms with Crippen molar-refractivity contribution < 1.29 is 4.79 Å². The number of carbonyl (C=O) groups excluding carboxylic acids is 1. The fourth-order valence-electron chi connectivity index (χ4n) is 2.14. The molecule has 1 aliphatic rings. The molecule has 3 nitrogen and oxygen atoms in total. The minimum absolute atomic E-state index is 0.0596. The molecule has 0 saturated carbocycles. The van der Waals surface area contributed by atoms with Gasteiger partial charge in [0.2, 0.25) is 5.91 Å².